The molecule has 0 rings (SSSR count). The molecule has 0 fully saturated rings. The Kier molecular flexibility index (Phi) is 17.2. The van der Waals surface area contributed by atoms with Gasteiger partial charge >= 0.3 is 84.6 Å². The van der Waals surface area contributed by atoms with Crippen molar-refractivity contribution < 1.29 is 27.4 Å². The van der Waals surface area contributed by atoms with E-state index in [9.17, 15) is 0 Å². The molecule has 0 amide bonds. The second kappa shape index (κ2) is 10.1. The molecule has 8 heavy (non-hydrogen) atoms. The number of hydrogen-bond acceptors (Lipinski definition) is 0. The van der Waals surface area contributed by atoms with Gasteiger partial charge in [0, 0.05) is 0 Å². The monoisotopic (exact) mass is 422 g/mol. The average Bonchev–Trinajstić information content (AvgIpc) is 1.25. The van der Waals surface area contributed by atoms with Gasteiger partial charge < -0.3 is 0 Å². The number of hydrogen-bond donors (Lipinski definition) is 0. The van der Waals surface area contributed by atoms with Crippen molar-refractivity contribution in [3.63, 3.8) is 0 Å². The van der Waals surface area contributed by atoms with E-state index in [1.807, 2.05) is 0 Å². The van der Waals surface area contributed by atoms with Crippen LogP contribution in [0, 0.1) is 0 Å². The molecule has 0 saturated carbocycles. The molecule has 0 radical (unpaired) electrons. The molecule has 0 saturated heterocycles. The van der Waals surface area contributed by atoms with E-state index in [4.69, 9.17) is 57.2 Å². The van der Waals surface area contributed by atoms with Crippen molar-refractivity contribution in [1.82, 2.24) is 0 Å². The minimum absolute atomic E-state index is 1.57. The summed E-state index contributed by atoms with van der Waals surface area (Å²) in [5.41, 5.74) is 0. The van der Waals surface area contributed by atoms with Crippen molar-refractivity contribution in [2.75, 3.05) is 0 Å². The first kappa shape index (κ1) is 13.6. The van der Waals surface area contributed by atoms with Crippen molar-refractivity contribution in [2.45, 2.75) is 0 Å². The van der Waals surface area contributed by atoms with E-state index in [-0.39, 0.29) is 0 Å². The Bertz CT molecular complexity index is 22.0. The molecule has 0 aliphatic rings. The number of rotatable bonds is 0. The zero-order chi connectivity index (χ0) is 7.15. The standard InChI is InChI=1S/6ClH.2Pd/h6*1H;;/q;;;;;;2*+3/p-6. The van der Waals surface area contributed by atoms with Crippen molar-refractivity contribution in [1.29, 1.82) is 0 Å². The van der Waals surface area contributed by atoms with Crippen LogP contribution in [-0.4, -0.2) is 0 Å². The molecule has 0 unspecified atom stereocenters. The van der Waals surface area contributed by atoms with Crippen LogP contribution < -0.4 is 0 Å². The average molecular weight is 426 g/mol. The predicted molar refractivity (Wildman–Crippen MR) is 35.1 cm³/mol. The molecule has 0 aromatic rings. The normalized spacial score (nSPS) is 11.2. The molecule has 0 spiro atoms. The molecule has 0 aromatic heterocycles. The van der Waals surface area contributed by atoms with Gasteiger partial charge in [-0.3, -0.25) is 0 Å². The molecule has 0 aliphatic heterocycles. The van der Waals surface area contributed by atoms with Crippen molar-refractivity contribution in [3.8, 4) is 0 Å². The topological polar surface area (TPSA) is 0 Å². The maximum atomic E-state index is 4.92. The summed E-state index contributed by atoms with van der Waals surface area (Å²) in [4.78, 5) is 0. The third kappa shape index (κ3) is 62.8. The van der Waals surface area contributed by atoms with E-state index in [1.165, 1.54) is 0 Å². The van der Waals surface area contributed by atoms with Gasteiger partial charge in [0.05, 0.1) is 0 Å². The van der Waals surface area contributed by atoms with E-state index in [2.05, 4.69) is 0 Å². The molecule has 62 valence electrons. The summed E-state index contributed by atoms with van der Waals surface area (Å²) in [6.07, 6.45) is 0. The Labute approximate surface area is 83.1 Å². The van der Waals surface area contributed by atoms with E-state index >= 15 is 0 Å². The predicted octanol–water partition coefficient (Wildman–Crippen LogP) is 4.13. The van der Waals surface area contributed by atoms with Gasteiger partial charge in [-0.15, -0.1) is 0 Å². The Balaban J connectivity index is 0. The molecule has 0 aromatic carbocycles. The molecule has 0 atom stereocenters. The molecule has 0 N–H and O–H groups in total. The minimum atomic E-state index is -1.57. The van der Waals surface area contributed by atoms with Gasteiger partial charge in [-0.05, 0) is 0 Å². The first-order valence-electron chi connectivity index (χ1n) is 0.717. The first-order chi connectivity index (χ1) is 3.46. The Morgan fingerprint density at radius 3 is 0.500 bits per heavy atom. The SMILES string of the molecule is [Cl][Pd]([Cl])[Cl].[Cl][Pd]([Cl])[Cl]. The molecule has 8 heteroatoms. The van der Waals surface area contributed by atoms with Crippen LogP contribution in [0.25, 0.3) is 0 Å². The first-order valence-corrected chi connectivity index (χ1v) is 12.7. The van der Waals surface area contributed by atoms with E-state index < -0.39 is 27.4 Å². The van der Waals surface area contributed by atoms with Gasteiger partial charge in [0.25, 0.3) is 0 Å². The van der Waals surface area contributed by atoms with Gasteiger partial charge in [-0.2, -0.15) is 0 Å². The van der Waals surface area contributed by atoms with Crippen LogP contribution in [0.1, 0.15) is 0 Å². The summed E-state index contributed by atoms with van der Waals surface area (Å²) in [6, 6.07) is 0. The third-order valence-electron chi connectivity index (χ3n) is 0. The van der Waals surface area contributed by atoms with Crippen LogP contribution in [-0.2, 0) is 27.4 Å². The van der Waals surface area contributed by atoms with Crippen molar-refractivity contribution in [3.05, 3.63) is 0 Å². The fourth-order valence-corrected chi connectivity index (χ4v) is 0. The fraction of sp³-hybridized carbons (Fsp3) is 0. The summed E-state index contributed by atoms with van der Waals surface area (Å²) >= 11 is -3.13. The quantitative estimate of drug-likeness (QED) is 0.512. The van der Waals surface area contributed by atoms with E-state index in [0.29, 0.717) is 0 Å². The third-order valence-corrected chi connectivity index (χ3v) is 0. The zero-order valence-corrected chi connectivity index (χ0v) is 10.5. The zero-order valence-electron chi connectivity index (χ0n) is 2.90. The van der Waals surface area contributed by atoms with Crippen LogP contribution in [0.4, 0.5) is 0 Å². The fourth-order valence-electron chi connectivity index (χ4n) is 0. The summed E-state index contributed by atoms with van der Waals surface area (Å²) in [7, 11) is 29.5. The molecule has 0 aliphatic carbocycles. The summed E-state index contributed by atoms with van der Waals surface area (Å²) in [5.74, 6) is 0. The van der Waals surface area contributed by atoms with Crippen molar-refractivity contribution in [2.24, 2.45) is 0 Å². The van der Waals surface area contributed by atoms with Gasteiger partial charge in [0.15, 0.2) is 0 Å². The van der Waals surface area contributed by atoms with Crippen LogP contribution in [0.2, 0.25) is 0 Å². The van der Waals surface area contributed by atoms with Crippen LogP contribution >= 0.6 is 57.2 Å². The maximum absolute atomic E-state index is 4.92. The molecule has 0 bridgehead atoms. The van der Waals surface area contributed by atoms with Crippen LogP contribution in [0.3, 0.4) is 0 Å². The van der Waals surface area contributed by atoms with Gasteiger partial charge in [-0.25, -0.2) is 0 Å². The summed E-state index contributed by atoms with van der Waals surface area (Å²) in [6.45, 7) is 0. The van der Waals surface area contributed by atoms with Gasteiger partial charge in [0.2, 0.25) is 0 Å². The van der Waals surface area contributed by atoms with Gasteiger partial charge in [-0.1, -0.05) is 0 Å². The van der Waals surface area contributed by atoms with Crippen LogP contribution in [0.5, 0.6) is 0 Å². The molecular formula is Cl6Pd2. The Hall–Kier alpha value is 3.06. The Morgan fingerprint density at radius 1 is 0.500 bits per heavy atom. The Morgan fingerprint density at radius 2 is 0.500 bits per heavy atom. The second-order valence-electron chi connectivity index (χ2n) is 0.271. The molecule has 0 nitrogen and oxygen atoms in total. The van der Waals surface area contributed by atoms with Crippen molar-refractivity contribution >= 4 is 57.2 Å². The summed E-state index contributed by atoms with van der Waals surface area (Å²) < 4.78 is 0. The summed E-state index contributed by atoms with van der Waals surface area (Å²) in [5, 5.41) is 0. The van der Waals surface area contributed by atoms with Gasteiger partial charge in [0.1, 0.15) is 0 Å². The van der Waals surface area contributed by atoms with Crippen LogP contribution in [0.15, 0.2) is 0 Å². The second-order valence-corrected chi connectivity index (χ2v) is 14.4. The molecular weight excluding hydrogens is 426 g/mol. The van der Waals surface area contributed by atoms with E-state index in [1.54, 1.807) is 0 Å². The molecule has 0 heterocycles. The number of halogens is 6. The van der Waals surface area contributed by atoms with E-state index in [0.717, 1.165) is 0 Å².